The summed E-state index contributed by atoms with van der Waals surface area (Å²) >= 11 is 0. The molecule has 1 aliphatic rings. The Kier molecular flexibility index (Phi) is 5.49. The lowest BCUT2D eigenvalue weighted by molar-refractivity contribution is 0.116. The molecule has 0 saturated carbocycles. The molecule has 1 aromatic carbocycles. The van der Waals surface area contributed by atoms with E-state index in [4.69, 9.17) is 0 Å². The van der Waals surface area contributed by atoms with E-state index in [0.29, 0.717) is 11.5 Å². The van der Waals surface area contributed by atoms with Gasteiger partial charge in [0.25, 0.3) is 0 Å². The molecule has 1 aromatic rings. The van der Waals surface area contributed by atoms with E-state index in [1.807, 2.05) is 7.05 Å². The minimum absolute atomic E-state index is 0.0381. The molecule has 0 bridgehead atoms. The first kappa shape index (κ1) is 15.4. The molecule has 0 radical (unpaired) electrons. The number of benzene rings is 1. The molecule has 0 aromatic heterocycles. The van der Waals surface area contributed by atoms with Crippen molar-refractivity contribution in [2.24, 2.45) is 5.92 Å². The van der Waals surface area contributed by atoms with E-state index < -0.39 is 11.6 Å². The first-order valence-electron chi connectivity index (χ1n) is 7.50. The predicted octanol–water partition coefficient (Wildman–Crippen LogP) is 3.35. The van der Waals surface area contributed by atoms with Crippen molar-refractivity contribution in [3.05, 3.63) is 35.4 Å². The number of piperidine rings is 1. The van der Waals surface area contributed by atoms with Gasteiger partial charge in [-0.25, -0.2) is 8.78 Å². The highest BCUT2D eigenvalue weighted by atomic mass is 19.2. The van der Waals surface area contributed by atoms with E-state index in [-0.39, 0.29) is 6.04 Å². The van der Waals surface area contributed by atoms with Gasteiger partial charge in [-0.2, -0.15) is 0 Å². The molecular formula is C16H24F2N2. The van der Waals surface area contributed by atoms with E-state index in [0.717, 1.165) is 38.9 Å². The molecule has 0 amide bonds. The van der Waals surface area contributed by atoms with Crippen LogP contribution < -0.4 is 5.32 Å². The zero-order valence-corrected chi connectivity index (χ0v) is 12.3. The molecule has 20 heavy (non-hydrogen) atoms. The third-order valence-electron chi connectivity index (χ3n) is 4.14. The van der Waals surface area contributed by atoms with E-state index >= 15 is 0 Å². The van der Waals surface area contributed by atoms with Crippen molar-refractivity contribution in [1.82, 2.24) is 10.2 Å². The Hall–Kier alpha value is -1.00. The van der Waals surface area contributed by atoms with Crippen LogP contribution in [0.1, 0.15) is 37.8 Å². The summed E-state index contributed by atoms with van der Waals surface area (Å²) in [7, 11) is 2.00. The molecule has 2 atom stereocenters. The van der Waals surface area contributed by atoms with Crippen LogP contribution in [-0.2, 0) is 0 Å². The maximum atomic E-state index is 14.1. The fraction of sp³-hybridized carbons (Fsp3) is 0.625. The third-order valence-corrected chi connectivity index (χ3v) is 4.14. The van der Waals surface area contributed by atoms with Gasteiger partial charge in [0.2, 0.25) is 0 Å². The van der Waals surface area contributed by atoms with E-state index in [2.05, 4.69) is 17.1 Å². The average molecular weight is 282 g/mol. The Labute approximate surface area is 120 Å². The van der Waals surface area contributed by atoms with Crippen molar-refractivity contribution in [2.45, 2.75) is 32.2 Å². The van der Waals surface area contributed by atoms with Gasteiger partial charge in [-0.3, -0.25) is 4.90 Å². The summed E-state index contributed by atoms with van der Waals surface area (Å²) in [6, 6.07) is 4.47. The van der Waals surface area contributed by atoms with Crippen LogP contribution in [0.2, 0.25) is 0 Å². The number of halogens is 2. The number of likely N-dealkylation sites (tertiary alicyclic amines) is 1. The minimum atomic E-state index is -0.748. The Morgan fingerprint density at radius 3 is 2.90 bits per heavy atom. The van der Waals surface area contributed by atoms with E-state index in [9.17, 15) is 8.78 Å². The van der Waals surface area contributed by atoms with Gasteiger partial charge >= 0.3 is 0 Å². The van der Waals surface area contributed by atoms with Crippen LogP contribution in [0.5, 0.6) is 0 Å². The lowest BCUT2D eigenvalue weighted by Crippen LogP contribution is -2.41. The third kappa shape index (κ3) is 3.36. The quantitative estimate of drug-likeness (QED) is 0.833. The largest absolute Gasteiger partial charge is 0.316 e. The summed E-state index contributed by atoms with van der Waals surface area (Å²) in [6.45, 7) is 4.89. The van der Waals surface area contributed by atoms with Crippen LogP contribution >= 0.6 is 0 Å². The molecule has 2 rings (SSSR count). The summed E-state index contributed by atoms with van der Waals surface area (Å²) < 4.78 is 27.6. The number of hydrogen-bond donors (Lipinski definition) is 1. The molecule has 1 heterocycles. The zero-order valence-electron chi connectivity index (χ0n) is 12.3. The Morgan fingerprint density at radius 2 is 2.15 bits per heavy atom. The van der Waals surface area contributed by atoms with Crippen LogP contribution in [-0.4, -0.2) is 31.6 Å². The van der Waals surface area contributed by atoms with Gasteiger partial charge in [0.1, 0.15) is 0 Å². The van der Waals surface area contributed by atoms with Crippen molar-refractivity contribution in [2.75, 3.05) is 26.7 Å². The fourth-order valence-corrected chi connectivity index (χ4v) is 3.18. The highest BCUT2D eigenvalue weighted by molar-refractivity contribution is 5.24. The van der Waals surface area contributed by atoms with Crippen LogP contribution in [0, 0.1) is 17.6 Å². The van der Waals surface area contributed by atoms with Crippen molar-refractivity contribution >= 4 is 0 Å². The Morgan fingerprint density at radius 1 is 1.35 bits per heavy atom. The number of nitrogens with zero attached hydrogens (tertiary/aromatic N) is 1. The first-order valence-corrected chi connectivity index (χ1v) is 7.50. The second-order valence-corrected chi connectivity index (χ2v) is 5.67. The molecule has 1 fully saturated rings. The first-order chi connectivity index (χ1) is 9.65. The zero-order chi connectivity index (χ0) is 14.5. The topological polar surface area (TPSA) is 15.3 Å². The highest BCUT2D eigenvalue weighted by Crippen LogP contribution is 2.36. The molecule has 4 heteroatoms. The van der Waals surface area contributed by atoms with Crippen molar-refractivity contribution < 1.29 is 8.78 Å². The normalized spacial score (nSPS) is 24.0. The predicted molar refractivity (Wildman–Crippen MR) is 77.6 cm³/mol. The van der Waals surface area contributed by atoms with Crippen molar-refractivity contribution in [3.63, 3.8) is 0 Å². The molecule has 0 spiro atoms. The lowest BCUT2D eigenvalue weighted by atomic mass is 9.84. The maximum Gasteiger partial charge on any atom is 0.163 e. The molecule has 0 aliphatic carbocycles. The second-order valence-electron chi connectivity index (χ2n) is 5.67. The maximum absolute atomic E-state index is 14.1. The summed E-state index contributed by atoms with van der Waals surface area (Å²) in [5.41, 5.74) is 0.496. The SMILES string of the molecule is CCCNCC1CCCN(C)C1c1cccc(F)c1F. The number of hydrogen-bond acceptors (Lipinski definition) is 2. The van der Waals surface area contributed by atoms with Gasteiger partial charge in [-0.05, 0) is 57.9 Å². The van der Waals surface area contributed by atoms with Crippen molar-refractivity contribution in [3.8, 4) is 0 Å². The molecule has 112 valence electrons. The molecule has 1 saturated heterocycles. The van der Waals surface area contributed by atoms with Crippen LogP contribution in [0.3, 0.4) is 0 Å². The van der Waals surface area contributed by atoms with Crippen LogP contribution in [0.4, 0.5) is 8.78 Å². The van der Waals surface area contributed by atoms with Gasteiger partial charge in [-0.1, -0.05) is 19.1 Å². The van der Waals surface area contributed by atoms with Crippen LogP contribution in [0.25, 0.3) is 0 Å². The molecule has 1 aliphatic heterocycles. The van der Waals surface area contributed by atoms with Gasteiger partial charge in [0, 0.05) is 11.6 Å². The lowest BCUT2D eigenvalue weighted by Gasteiger charge is -2.40. The second kappa shape index (κ2) is 7.14. The summed E-state index contributed by atoms with van der Waals surface area (Å²) in [4.78, 5) is 2.15. The van der Waals surface area contributed by atoms with E-state index in [1.54, 1.807) is 12.1 Å². The van der Waals surface area contributed by atoms with Gasteiger partial charge in [-0.15, -0.1) is 0 Å². The van der Waals surface area contributed by atoms with Gasteiger partial charge < -0.3 is 5.32 Å². The van der Waals surface area contributed by atoms with Gasteiger partial charge in [0.05, 0.1) is 0 Å². The van der Waals surface area contributed by atoms with Crippen LogP contribution in [0.15, 0.2) is 18.2 Å². The minimum Gasteiger partial charge on any atom is -0.316 e. The molecule has 2 unspecified atom stereocenters. The van der Waals surface area contributed by atoms with Crippen molar-refractivity contribution in [1.29, 1.82) is 0 Å². The molecular weight excluding hydrogens is 258 g/mol. The summed E-state index contributed by atoms with van der Waals surface area (Å²) in [6.07, 6.45) is 3.26. The standard InChI is InChI=1S/C16H24F2N2/c1-3-9-19-11-12-6-5-10-20(2)16(12)13-7-4-8-14(17)15(13)18/h4,7-8,12,16,19H,3,5-6,9-11H2,1-2H3. The summed E-state index contributed by atoms with van der Waals surface area (Å²) in [5, 5.41) is 3.42. The fourth-order valence-electron chi connectivity index (χ4n) is 3.18. The average Bonchev–Trinajstić information content (AvgIpc) is 2.43. The number of rotatable bonds is 5. The van der Waals surface area contributed by atoms with E-state index in [1.165, 1.54) is 6.07 Å². The Bertz CT molecular complexity index is 436. The monoisotopic (exact) mass is 282 g/mol. The number of nitrogens with one attached hydrogen (secondary N) is 1. The van der Waals surface area contributed by atoms with Gasteiger partial charge in [0.15, 0.2) is 11.6 Å². The Balaban J connectivity index is 2.20. The summed E-state index contributed by atoms with van der Waals surface area (Å²) in [5.74, 6) is -1.11. The molecule has 1 N–H and O–H groups in total. The molecule has 2 nitrogen and oxygen atoms in total. The highest BCUT2D eigenvalue weighted by Gasteiger charge is 2.32. The smallest absolute Gasteiger partial charge is 0.163 e.